The van der Waals surface area contributed by atoms with E-state index in [0.717, 1.165) is 33.4 Å². The van der Waals surface area contributed by atoms with Crippen LogP contribution in [0.1, 0.15) is 64.5 Å². The van der Waals surface area contributed by atoms with E-state index < -0.39 is 17.7 Å². The van der Waals surface area contributed by atoms with E-state index in [-0.39, 0.29) is 16.7 Å². The van der Waals surface area contributed by atoms with Gasteiger partial charge >= 0.3 is 0 Å². The Morgan fingerprint density at radius 3 is 0.821 bits per heavy atom. The van der Waals surface area contributed by atoms with E-state index in [9.17, 15) is 14.4 Å². The third-order valence-electron chi connectivity index (χ3n) is 6.88. The van der Waals surface area contributed by atoms with Gasteiger partial charge in [0.1, 0.15) is 0 Å². The molecule has 0 radical (unpaired) electrons. The highest BCUT2D eigenvalue weighted by atomic mass is 16.2. The molecule has 3 N–H and O–H groups in total. The molecule has 6 heteroatoms. The number of amides is 3. The van der Waals surface area contributed by atoms with Crippen molar-refractivity contribution >= 4 is 34.8 Å². The zero-order valence-electron chi connectivity index (χ0n) is 23.2. The van der Waals surface area contributed by atoms with E-state index in [2.05, 4.69) is 16.0 Å². The molecule has 0 unspecified atom stereocenters. The number of nitrogens with one attached hydrogen (secondary N) is 3. The fraction of sp³-hybridized carbons (Fsp3) is 0.182. The molecule has 6 nitrogen and oxygen atoms in total. The fourth-order valence-electron chi connectivity index (χ4n) is 4.61. The topological polar surface area (TPSA) is 87.3 Å². The van der Waals surface area contributed by atoms with Crippen molar-refractivity contribution in [2.75, 3.05) is 16.0 Å². The summed E-state index contributed by atoms with van der Waals surface area (Å²) in [5.41, 5.74) is 8.23. The molecule has 4 rings (SSSR count). The van der Waals surface area contributed by atoms with Crippen LogP contribution in [0.4, 0.5) is 17.1 Å². The molecule has 198 valence electrons. The Labute approximate surface area is 229 Å². The summed E-state index contributed by atoms with van der Waals surface area (Å²) in [4.78, 5) is 40.3. The van der Waals surface area contributed by atoms with Gasteiger partial charge in [0.2, 0.25) is 0 Å². The van der Waals surface area contributed by atoms with Gasteiger partial charge in [-0.05, 0) is 93.1 Å². The average molecular weight is 520 g/mol. The molecule has 4 aromatic rings. The Hall–Kier alpha value is -4.71. The predicted octanol–water partition coefficient (Wildman–Crippen LogP) is 7.29. The molecule has 0 aromatic heterocycles. The standard InChI is InChI=1S/C33H33N3O3/c1-19-10-7-11-20(2)28(19)34-31(37)25-16-26(32(38)35-29-21(3)12-8-13-22(29)4)18-27(17-25)33(39)36-30-23(5)14-9-15-24(30)6/h7-18H,1-6H3,(H,34,37)(H,35,38)(H,36,39). The van der Waals surface area contributed by atoms with Gasteiger partial charge in [0.05, 0.1) is 0 Å². The van der Waals surface area contributed by atoms with E-state index in [0.29, 0.717) is 17.1 Å². The summed E-state index contributed by atoms with van der Waals surface area (Å²) in [6, 6.07) is 21.8. The summed E-state index contributed by atoms with van der Waals surface area (Å²) in [7, 11) is 0. The van der Waals surface area contributed by atoms with Gasteiger partial charge in [-0.2, -0.15) is 0 Å². The largest absolute Gasteiger partial charge is 0.322 e. The fourth-order valence-corrected chi connectivity index (χ4v) is 4.61. The summed E-state index contributed by atoms with van der Waals surface area (Å²) >= 11 is 0. The van der Waals surface area contributed by atoms with Crippen molar-refractivity contribution in [1.29, 1.82) is 0 Å². The molecular weight excluding hydrogens is 486 g/mol. The van der Waals surface area contributed by atoms with E-state index in [1.165, 1.54) is 18.2 Å². The smallest absolute Gasteiger partial charge is 0.255 e. The number of rotatable bonds is 6. The second-order valence-electron chi connectivity index (χ2n) is 9.96. The van der Waals surface area contributed by atoms with Crippen LogP contribution in [0.3, 0.4) is 0 Å². The molecule has 4 aromatic carbocycles. The monoisotopic (exact) mass is 519 g/mol. The minimum absolute atomic E-state index is 0.207. The van der Waals surface area contributed by atoms with Gasteiger partial charge in [0.15, 0.2) is 0 Å². The van der Waals surface area contributed by atoms with Crippen LogP contribution in [0.5, 0.6) is 0 Å². The quantitative estimate of drug-likeness (QED) is 0.250. The number of para-hydroxylation sites is 3. The summed E-state index contributed by atoms with van der Waals surface area (Å²) in [6.07, 6.45) is 0. The van der Waals surface area contributed by atoms with E-state index >= 15 is 0 Å². The summed E-state index contributed by atoms with van der Waals surface area (Å²) in [6.45, 7) is 11.5. The molecule has 0 spiro atoms. The minimum Gasteiger partial charge on any atom is -0.322 e. The van der Waals surface area contributed by atoms with Crippen LogP contribution < -0.4 is 16.0 Å². The van der Waals surface area contributed by atoms with Crippen LogP contribution in [0.25, 0.3) is 0 Å². The van der Waals surface area contributed by atoms with Gasteiger partial charge in [-0.1, -0.05) is 54.6 Å². The van der Waals surface area contributed by atoms with Gasteiger partial charge in [0.25, 0.3) is 17.7 Å². The zero-order chi connectivity index (χ0) is 28.3. The first kappa shape index (κ1) is 27.3. The average Bonchev–Trinajstić information content (AvgIpc) is 2.90. The third-order valence-corrected chi connectivity index (χ3v) is 6.88. The molecule has 0 heterocycles. The SMILES string of the molecule is Cc1cccc(C)c1NC(=O)c1cc(C(=O)Nc2c(C)cccc2C)cc(C(=O)Nc2c(C)cccc2C)c1. The van der Waals surface area contributed by atoms with Gasteiger partial charge < -0.3 is 16.0 Å². The molecule has 0 aliphatic heterocycles. The van der Waals surface area contributed by atoms with Crippen molar-refractivity contribution < 1.29 is 14.4 Å². The van der Waals surface area contributed by atoms with Crippen molar-refractivity contribution in [3.63, 3.8) is 0 Å². The lowest BCUT2D eigenvalue weighted by atomic mass is 10.0. The first-order valence-corrected chi connectivity index (χ1v) is 12.8. The van der Waals surface area contributed by atoms with Gasteiger partial charge in [-0.25, -0.2) is 0 Å². The Balaban J connectivity index is 1.74. The van der Waals surface area contributed by atoms with Crippen molar-refractivity contribution in [2.45, 2.75) is 41.5 Å². The van der Waals surface area contributed by atoms with E-state index in [4.69, 9.17) is 0 Å². The van der Waals surface area contributed by atoms with Crippen LogP contribution in [-0.2, 0) is 0 Å². The lowest BCUT2D eigenvalue weighted by molar-refractivity contribution is 0.102. The molecule has 0 saturated heterocycles. The maximum absolute atomic E-state index is 13.4. The van der Waals surface area contributed by atoms with Crippen LogP contribution in [-0.4, -0.2) is 17.7 Å². The minimum atomic E-state index is -0.407. The second-order valence-corrected chi connectivity index (χ2v) is 9.96. The third kappa shape index (κ3) is 6.07. The normalized spacial score (nSPS) is 10.6. The van der Waals surface area contributed by atoms with E-state index in [1.807, 2.05) is 96.1 Å². The lowest BCUT2D eigenvalue weighted by Gasteiger charge is -2.16. The number of hydrogen-bond donors (Lipinski definition) is 3. The maximum Gasteiger partial charge on any atom is 0.255 e. The Morgan fingerprint density at radius 1 is 0.410 bits per heavy atom. The van der Waals surface area contributed by atoms with Gasteiger partial charge in [0, 0.05) is 33.8 Å². The number of carbonyl (C=O) groups excluding carboxylic acids is 3. The first-order valence-electron chi connectivity index (χ1n) is 12.8. The second kappa shape index (κ2) is 11.4. The highest BCUT2D eigenvalue weighted by Gasteiger charge is 2.19. The highest BCUT2D eigenvalue weighted by Crippen LogP contribution is 2.25. The summed E-state index contributed by atoms with van der Waals surface area (Å²) in [5, 5.41) is 8.88. The Morgan fingerprint density at radius 2 is 0.615 bits per heavy atom. The predicted molar refractivity (Wildman–Crippen MR) is 158 cm³/mol. The van der Waals surface area contributed by atoms with Crippen LogP contribution in [0.15, 0.2) is 72.8 Å². The molecule has 0 aliphatic rings. The van der Waals surface area contributed by atoms with Crippen LogP contribution in [0, 0.1) is 41.5 Å². The summed E-state index contributed by atoms with van der Waals surface area (Å²) < 4.78 is 0. The molecule has 3 amide bonds. The summed E-state index contributed by atoms with van der Waals surface area (Å²) in [5.74, 6) is -1.22. The first-order chi connectivity index (χ1) is 18.5. The highest BCUT2D eigenvalue weighted by molar-refractivity contribution is 6.13. The Kier molecular flexibility index (Phi) is 7.96. The molecule has 0 bridgehead atoms. The number of benzene rings is 4. The molecular formula is C33H33N3O3. The number of hydrogen-bond acceptors (Lipinski definition) is 3. The van der Waals surface area contributed by atoms with Crippen LogP contribution in [0.2, 0.25) is 0 Å². The Bertz CT molecular complexity index is 1340. The van der Waals surface area contributed by atoms with Crippen molar-refractivity contribution in [1.82, 2.24) is 0 Å². The molecule has 0 aliphatic carbocycles. The molecule has 0 fully saturated rings. The van der Waals surface area contributed by atoms with Crippen molar-refractivity contribution in [3.05, 3.63) is 123 Å². The number of aryl methyl sites for hydroxylation is 6. The van der Waals surface area contributed by atoms with Gasteiger partial charge in [-0.15, -0.1) is 0 Å². The molecule has 39 heavy (non-hydrogen) atoms. The van der Waals surface area contributed by atoms with Crippen LogP contribution >= 0.6 is 0 Å². The maximum atomic E-state index is 13.4. The number of anilines is 3. The van der Waals surface area contributed by atoms with Gasteiger partial charge in [-0.3, -0.25) is 14.4 Å². The van der Waals surface area contributed by atoms with Crippen molar-refractivity contribution in [3.8, 4) is 0 Å². The number of carbonyl (C=O) groups is 3. The van der Waals surface area contributed by atoms with E-state index in [1.54, 1.807) is 0 Å². The lowest BCUT2D eigenvalue weighted by Crippen LogP contribution is -2.20. The zero-order valence-corrected chi connectivity index (χ0v) is 23.2. The van der Waals surface area contributed by atoms with Crippen molar-refractivity contribution in [2.24, 2.45) is 0 Å². The molecule has 0 saturated carbocycles. The molecule has 0 atom stereocenters.